The van der Waals surface area contributed by atoms with Crippen molar-refractivity contribution in [3.63, 3.8) is 0 Å². The van der Waals surface area contributed by atoms with Gasteiger partial charge in [0, 0.05) is 28.8 Å². The molecule has 2 heterocycles. The Hall–Kier alpha value is -3.25. The number of sulfonamides is 1. The largest absolute Gasteiger partial charge is 0.435 e. The van der Waals surface area contributed by atoms with Gasteiger partial charge in [0.25, 0.3) is 0 Å². The Labute approximate surface area is 198 Å². The second-order valence-corrected chi connectivity index (χ2v) is 10.2. The number of alkyl halides is 3. The number of nitrogens with zero attached hydrogens (tertiary/aromatic N) is 4. The number of rotatable bonds is 6. The third-order valence-electron chi connectivity index (χ3n) is 6.06. The Morgan fingerprint density at radius 2 is 1.83 bits per heavy atom. The van der Waals surface area contributed by atoms with Crippen LogP contribution in [-0.4, -0.2) is 28.0 Å². The molecule has 184 valence electrons. The van der Waals surface area contributed by atoms with Gasteiger partial charge in [-0.1, -0.05) is 24.3 Å². The maximum absolute atomic E-state index is 14.9. The second kappa shape index (κ2) is 8.76. The first-order chi connectivity index (χ1) is 16.6. The molecule has 7 nitrogen and oxygen atoms in total. The van der Waals surface area contributed by atoms with Gasteiger partial charge in [-0.15, -0.1) is 0 Å². The van der Waals surface area contributed by atoms with Crippen molar-refractivity contribution in [1.29, 1.82) is 0 Å². The lowest BCUT2D eigenvalue weighted by atomic mass is 9.95. The Bertz CT molecular complexity index is 1510. The van der Waals surface area contributed by atoms with Crippen molar-refractivity contribution < 1.29 is 26.0 Å². The summed E-state index contributed by atoms with van der Waals surface area (Å²) in [7, 11) is -3.86. The molecule has 1 N–H and O–H groups in total. The van der Waals surface area contributed by atoms with Crippen molar-refractivity contribution in [2.24, 2.45) is 0 Å². The summed E-state index contributed by atoms with van der Waals surface area (Å²) in [4.78, 5) is 0. The maximum atomic E-state index is 14.9. The average Bonchev–Trinajstić information content (AvgIpc) is 3.40. The molecule has 2 aromatic heterocycles. The maximum Gasteiger partial charge on any atom is 0.435 e. The van der Waals surface area contributed by atoms with Crippen LogP contribution >= 0.6 is 0 Å². The van der Waals surface area contributed by atoms with Crippen molar-refractivity contribution in [3.05, 3.63) is 77.0 Å². The number of aromatic nitrogens is 4. The van der Waals surface area contributed by atoms with Gasteiger partial charge in [0.15, 0.2) is 11.6 Å². The summed E-state index contributed by atoms with van der Waals surface area (Å²) in [6.07, 6.45) is -0.972. The molecule has 0 amide bonds. The predicted molar refractivity (Wildman–Crippen MR) is 121 cm³/mol. The summed E-state index contributed by atoms with van der Waals surface area (Å²) in [5, 5.41) is 8.64. The van der Waals surface area contributed by atoms with Gasteiger partial charge in [-0.25, -0.2) is 26.9 Å². The van der Waals surface area contributed by atoms with Crippen molar-refractivity contribution in [2.45, 2.75) is 44.3 Å². The predicted octanol–water partition coefficient (Wildman–Crippen LogP) is 4.34. The molecule has 0 saturated carbocycles. The van der Waals surface area contributed by atoms with Crippen LogP contribution in [0.2, 0.25) is 0 Å². The molecule has 0 unspecified atom stereocenters. The SMILES string of the molecule is O=S(=O)(Cn1ncc2ccccc21)NCc1ccc(-n2nc(C(F)(F)F)c3c2CCCC3)cc1F. The molecule has 5 rings (SSSR count). The average molecular weight is 508 g/mol. The fourth-order valence-electron chi connectivity index (χ4n) is 4.37. The minimum absolute atomic E-state index is 0.0553. The van der Waals surface area contributed by atoms with Gasteiger partial charge in [-0.05, 0) is 43.9 Å². The van der Waals surface area contributed by atoms with E-state index in [0.717, 1.165) is 22.6 Å². The van der Waals surface area contributed by atoms with E-state index in [4.69, 9.17) is 0 Å². The monoisotopic (exact) mass is 507 g/mol. The normalized spacial score (nSPS) is 14.4. The molecule has 0 spiro atoms. The molecule has 0 radical (unpaired) electrons. The number of hydrogen-bond donors (Lipinski definition) is 1. The van der Waals surface area contributed by atoms with E-state index in [9.17, 15) is 26.0 Å². The lowest BCUT2D eigenvalue weighted by molar-refractivity contribution is -0.142. The summed E-state index contributed by atoms with van der Waals surface area (Å²) in [6.45, 7) is -0.321. The topological polar surface area (TPSA) is 81.8 Å². The lowest BCUT2D eigenvalue weighted by Gasteiger charge is -2.15. The highest BCUT2D eigenvalue weighted by Gasteiger charge is 2.39. The number of fused-ring (bicyclic) bond motifs is 2. The Kier molecular flexibility index (Phi) is 5.88. The number of nitrogens with one attached hydrogen (secondary N) is 1. The first-order valence-corrected chi connectivity index (χ1v) is 12.6. The zero-order chi connectivity index (χ0) is 24.8. The molecular formula is C23H21F4N5O2S. The molecule has 1 aliphatic rings. The molecule has 0 aliphatic heterocycles. The molecule has 0 fully saturated rings. The number of para-hydroxylation sites is 1. The number of halogens is 4. The van der Waals surface area contributed by atoms with Gasteiger partial charge < -0.3 is 0 Å². The van der Waals surface area contributed by atoms with Crippen LogP contribution in [-0.2, 0) is 41.5 Å². The number of benzene rings is 2. The fourth-order valence-corrected chi connectivity index (χ4v) is 5.37. The third kappa shape index (κ3) is 4.67. The molecule has 0 bridgehead atoms. The first-order valence-electron chi connectivity index (χ1n) is 11.0. The van der Waals surface area contributed by atoms with Crippen LogP contribution in [0, 0.1) is 5.82 Å². The van der Waals surface area contributed by atoms with Crippen molar-refractivity contribution in [3.8, 4) is 5.69 Å². The minimum Gasteiger partial charge on any atom is -0.248 e. The van der Waals surface area contributed by atoms with Gasteiger partial charge in [-0.2, -0.15) is 23.4 Å². The Balaban J connectivity index is 1.35. The Morgan fingerprint density at radius 3 is 2.60 bits per heavy atom. The summed E-state index contributed by atoms with van der Waals surface area (Å²) < 4.78 is 85.2. The molecule has 12 heteroatoms. The van der Waals surface area contributed by atoms with Crippen LogP contribution in [0.3, 0.4) is 0 Å². The molecule has 35 heavy (non-hydrogen) atoms. The van der Waals surface area contributed by atoms with Crippen LogP contribution in [0.4, 0.5) is 17.6 Å². The summed E-state index contributed by atoms with van der Waals surface area (Å²) >= 11 is 0. The standard InChI is InChI=1S/C23H21F4N5O2S/c24-19-11-17(32-21-8-4-2-6-18(21)22(30-32)23(25,26)27)10-9-15(19)13-29-35(33,34)14-31-20-7-3-1-5-16(20)12-28-31/h1,3,5,7,9-12,29H,2,4,6,8,13-14H2. The zero-order valence-corrected chi connectivity index (χ0v) is 19.2. The molecule has 4 aromatic rings. The highest BCUT2D eigenvalue weighted by molar-refractivity contribution is 7.88. The lowest BCUT2D eigenvalue weighted by Crippen LogP contribution is -2.28. The fraction of sp³-hybridized carbons (Fsp3) is 0.304. The summed E-state index contributed by atoms with van der Waals surface area (Å²) in [5.41, 5.74) is 0.519. The van der Waals surface area contributed by atoms with E-state index in [1.165, 1.54) is 16.8 Å². The van der Waals surface area contributed by atoms with Gasteiger partial charge in [0.2, 0.25) is 10.0 Å². The van der Waals surface area contributed by atoms with E-state index in [1.807, 2.05) is 12.1 Å². The molecule has 0 saturated heterocycles. The van der Waals surface area contributed by atoms with E-state index in [1.54, 1.807) is 18.3 Å². The quantitative estimate of drug-likeness (QED) is 0.394. The van der Waals surface area contributed by atoms with Gasteiger partial charge in [0.1, 0.15) is 5.82 Å². The van der Waals surface area contributed by atoms with Crippen LogP contribution < -0.4 is 4.72 Å². The van der Waals surface area contributed by atoms with E-state index >= 15 is 0 Å². The van der Waals surface area contributed by atoms with Gasteiger partial charge in [0.05, 0.1) is 17.4 Å². The van der Waals surface area contributed by atoms with Gasteiger partial charge >= 0.3 is 6.18 Å². The second-order valence-electron chi connectivity index (χ2n) is 8.43. The summed E-state index contributed by atoms with van der Waals surface area (Å²) in [6, 6.07) is 11.0. The molecule has 2 aromatic carbocycles. The van der Waals surface area contributed by atoms with Crippen molar-refractivity contribution >= 4 is 20.9 Å². The summed E-state index contributed by atoms with van der Waals surface area (Å²) in [5.74, 6) is -1.19. The van der Waals surface area contributed by atoms with Crippen LogP contribution in [0.15, 0.2) is 48.7 Å². The van der Waals surface area contributed by atoms with Gasteiger partial charge in [-0.3, -0.25) is 0 Å². The van der Waals surface area contributed by atoms with E-state index < -0.39 is 33.6 Å². The highest BCUT2D eigenvalue weighted by Crippen LogP contribution is 2.37. The van der Waals surface area contributed by atoms with Crippen LogP contribution in [0.25, 0.3) is 16.6 Å². The van der Waals surface area contributed by atoms with E-state index in [0.29, 0.717) is 24.1 Å². The minimum atomic E-state index is -4.59. The number of hydrogen-bond acceptors (Lipinski definition) is 4. The zero-order valence-electron chi connectivity index (χ0n) is 18.4. The first kappa shape index (κ1) is 23.5. The Morgan fingerprint density at radius 1 is 1.06 bits per heavy atom. The molecule has 0 atom stereocenters. The van der Waals surface area contributed by atoms with Crippen molar-refractivity contribution in [2.75, 3.05) is 0 Å². The van der Waals surface area contributed by atoms with Crippen molar-refractivity contribution in [1.82, 2.24) is 24.3 Å². The third-order valence-corrected chi connectivity index (χ3v) is 7.22. The molecular weight excluding hydrogens is 486 g/mol. The van der Waals surface area contributed by atoms with Crippen LogP contribution in [0.5, 0.6) is 0 Å². The smallest absolute Gasteiger partial charge is 0.248 e. The van der Waals surface area contributed by atoms with E-state index in [-0.39, 0.29) is 29.8 Å². The van der Waals surface area contributed by atoms with Crippen LogP contribution in [0.1, 0.15) is 35.4 Å². The highest BCUT2D eigenvalue weighted by atomic mass is 32.2. The molecule has 1 aliphatic carbocycles. The van der Waals surface area contributed by atoms with E-state index in [2.05, 4.69) is 14.9 Å².